The Morgan fingerprint density at radius 2 is 2.14 bits per heavy atom. The molecule has 0 bridgehead atoms. The van der Waals surface area contributed by atoms with Gasteiger partial charge in [0.25, 0.3) is 0 Å². The fourth-order valence-electron chi connectivity index (χ4n) is 2.38. The second-order valence-electron chi connectivity index (χ2n) is 4.25. The molecule has 2 fully saturated rings. The van der Waals surface area contributed by atoms with Crippen LogP contribution in [0, 0.1) is 5.92 Å². The number of alkyl halides is 1. The van der Waals surface area contributed by atoms with E-state index in [4.69, 9.17) is 11.6 Å². The van der Waals surface area contributed by atoms with Crippen molar-refractivity contribution in [2.24, 2.45) is 5.92 Å². The van der Waals surface area contributed by atoms with Crippen molar-refractivity contribution in [2.45, 2.75) is 25.3 Å². The summed E-state index contributed by atoms with van der Waals surface area (Å²) >= 11 is 5.79. The first-order valence-electron chi connectivity index (χ1n) is 5.37. The van der Waals surface area contributed by atoms with Crippen LogP contribution >= 0.6 is 11.6 Å². The number of likely N-dealkylation sites (tertiary alicyclic amines) is 1. The fraction of sp³-hybridized carbons (Fsp3) is 0.900. The Balaban J connectivity index is 1.93. The number of carbonyl (C=O) groups is 1. The first kappa shape index (κ1) is 10.2. The minimum atomic E-state index is 0.308. The molecule has 4 heteroatoms. The number of amides is 1. The third kappa shape index (κ3) is 2.04. The molecule has 2 saturated heterocycles. The molecule has 1 amide bonds. The Hall–Kier alpha value is -0.280. The highest BCUT2D eigenvalue weighted by atomic mass is 35.5. The van der Waals surface area contributed by atoms with Crippen LogP contribution in [0.25, 0.3) is 0 Å². The van der Waals surface area contributed by atoms with Gasteiger partial charge < -0.3 is 10.2 Å². The monoisotopic (exact) mass is 216 g/mol. The third-order valence-electron chi connectivity index (χ3n) is 3.21. The minimum absolute atomic E-state index is 0.308. The van der Waals surface area contributed by atoms with Gasteiger partial charge in [-0.1, -0.05) is 0 Å². The molecule has 2 aliphatic rings. The summed E-state index contributed by atoms with van der Waals surface area (Å²) in [6, 6.07) is 0.469. The maximum Gasteiger partial charge on any atom is 0.223 e. The molecule has 3 nitrogen and oxygen atoms in total. The smallest absolute Gasteiger partial charge is 0.223 e. The molecule has 0 aromatic heterocycles. The quantitative estimate of drug-likeness (QED) is 0.694. The normalized spacial score (nSPS) is 29.9. The van der Waals surface area contributed by atoms with E-state index >= 15 is 0 Å². The molecule has 0 aromatic rings. The van der Waals surface area contributed by atoms with Gasteiger partial charge in [0, 0.05) is 24.9 Å². The number of hydrogen-bond donors (Lipinski definition) is 1. The van der Waals surface area contributed by atoms with Crippen molar-refractivity contribution in [1.82, 2.24) is 10.2 Å². The van der Waals surface area contributed by atoms with Gasteiger partial charge >= 0.3 is 0 Å². The lowest BCUT2D eigenvalue weighted by Crippen LogP contribution is -2.43. The molecular weight excluding hydrogens is 200 g/mol. The van der Waals surface area contributed by atoms with Crippen molar-refractivity contribution in [1.29, 1.82) is 0 Å². The van der Waals surface area contributed by atoms with E-state index in [0.29, 0.717) is 30.2 Å². The Kier molecular flexibility index (Phi) is 3.29. The number of nitrogens with zero attached hydrogens (tertiary/aromatic N) is 1. The van der Waals surface area contributed by atoms with Gasteiger partial charge in [-0.25, -0.2) is 0 Å². The molecule has 0 aliphatic carbocycles. The molecule has 2 heterocycles. The van der Waals surface area contributed by atoms with E-state index in [-0.39, 0.29) is 0 Å². The summed E-state index contributed by atoms with van der Waals surface area (Å²) in [5.41, 5.74) is 0. The number of hydrogen-bond acceptors (Lipinski definition) is 2. The lowest BCUT2D eigenvalue weighted by molar-refractivity contribution is -0.130. The zero-order valence-electron chi connectivity index (χ0n) is 8.34. The molecule has 0 spiro atoms. The molecule has 1 N–H and O–H groups in total. The van der Waals surface area contributed by atoms with Crippen LogP contribution in [0.2, 0.25) is 0 Å². The molecule has 2 rings (SSSR count). The standard InChI is InChI=1S/C10H17ClN2O/c11-6-8-5-10(14)13(7-8)9-1-3-12-4-2-9/h8-9,12H,1-7H2. The van der Waals surface area contributed by atoms with Crippen LogP contribution in [0.15, 0.2) is 0 Å². The fourth-order valence-corrected chi connectivity index (χ4v) is 2.59. The average Bonchev–Trinajstić information content (AvgIpc) is 2.61. The maximum absolute atomic E-state index is 11.7. The van der Waals surface area contributed by atoms with Crippen molar-refractivity contribution in [3.8, 4) is 0 Å². The molecule has 0 saturated carbocycles. The van der Waals surface area contributed by atoms with Crippen molar-refractivity contribution in [3.63, 3.8) is 0 Å². The van der Waals surface area contributed by atoms with E-state index in [1.165, 1.54) is 0 Å². The van der Waals surface area contributed by atoms with Crippen LogP contribution < -0.4 is 5.32 Å². The number of halogens is 1. The van der Waals surface area contributed by atoms with Crippen LogP contribution in [0.5, 0.6) is 0 Å². The van der Waals surface area contributed by atoms with Crippen molar-refractivity contribution < 1.29 is 4.79 Å². The Morgan fingerprint density at radius 3 is 2.71 bits per heavy atom. The largest absolute Gasteiger partial charge is 0.339 e. The van der Waals surface area contributed by atoms with Gasteiger partial charge in [-0.05, 0) is 31.8 Å². The second-order valence-corrected chi connectivity index (χ2v) is 4.56. The molecular formula is C10H17ClN2O. The summed E-state index contributed by atoms with van der Waals surface area (Å²) in [5, 5.41) is 3.31. The minimum Gasteiger partial charge on any atom is -0.339 e. The van der Waals surface area contributed by atoms with E-state index < -0.39 is 0 Å². The van der Waals surface area contributed by atoms with E-state index in [1.54, 1.807) is 0 Å². The van der Waals surface area contributed by atoms with Gasteiger partial charge in [0.05, 0.1) is 0 Å². The lowest BCUT2D eigenvalue weighted by atomic mass is 10.1. The average molecular weight is 217 g/mol. The summed E-state index contributed by atoms with van der Waals surface area (Å²) in [7, 11) is 0. The molecule has 14 heavy (non-hydrogen) atoms. The topological polar surface area (TPSA) is 32.3 Å². The third-order valence-corrected chi connectivity index (χ3v) is 3.64. The summed E-state index contributed by atoms with van der Waals surface area (Å²) in [6.07, 6.45) is 2.86. The number of nitrogens with one attached hydrogen (secondary N) is 1. The van der Waals surface area contributed by atoms with Gasteiger partial charge in [-0.3, -0.25) is 4.79 Å². The predicted octanol–water partition coefficient (Wildman–Crippen LogP) is 0.826. The molecule has 2 aliphatic heterocycles. The molecule has 0 radical (unpaired) electrons. The maximum atomic E-state index is 11.7. The highest BCUT2D eigenvalue weighted by Gasteiger charge is 2.33. The van der Waals surface area contributed by atoms with E-state index in [0.717, 1.165) is 32.5 Å². The van der Waals surface area contributed by atoms with Gasteiger partial charge in [0.1, 0.15) is 0 Å². The number of rotatable bonds is 2. The summed E-state index contributed by atoms with van der Waals surface area (Å²) in [4.78, 5) is 13.7. The second kappa shape index (κ2) is 4.49. The number of carbonyl (C=O) groups excluding carboxylic acids is 1. The van der Waals surface area contributed by atoms with Crippen LogP contribution in [0.4, 0.5) is 0 Å². The summed E-state index contributed by atoms with van der Waals surface area (Å²) < 4.78 is 0. The zero-order chi connectivity index (χ0) is 9.97. The summed E-state index contributed by atoms with van der Waals surface area (Å²) in [5.74, 6) is 1.31. The Morgan fingerprint density at radius 1 is 1.43 bits per heavy atom. The lowest BCUT2D eigenvalue weighted by Gasteiger charge is -2.31. The van der Waals surface area contributed by atoms with Gasteiger partial charge in [-0.2, -0.15) is 0 Å². The van der Waals surface area contributed by atoms with Crippen LogP contribution in [-0.2, 0) is 4.79 Å². The SMILES string of the molecule is O=C1CC(CCl)CN1C1CCNCC1. The van der Waals surface area contributed by atoms with Gasteiger partial charge in [0.2, 0.25) is 5.91 Å². The van der Waals surface area contributed by atoms with E-state index in [9.17, 15) is 4.79 Å². The molecule has 1 unspecified atom stereocenters. The Bertz CT molecular complexity index is 216. The van der Waals surface area contributed by atoms with Crippen LogP contribution in [0.1, 0.15) is 19.3 Å². The zero-order valence-corrected chi connectivity index (χ0v) is 9.09. The highest BCUT2D eigenvalue weighted by Crippen LogP contribution is 2.24. The highest BCUT2D eigenvalue weighted by molar-refractivity contribution is 6.18. The van der Waals surface area contributed by atoms with Crippen LogP contribution in [0.3, 0.4) is 0 Å². The number of piperidine rings is 1. The van der Waals surface area contributed by atoms with Crippen molar-refractivity contribution in [3.05, 3.63) is 0 Å². The Labute approximate surface area is 89.8 Å². The predicted molar refractivity (Wildman–Crippen MR) is 56.4 cm³/mol. The summed E-state index contributed by atoms with van der Waals surface area (Å²) in [6.45, 7) is 2.97. The molecule has 80 valence electrons. The molecule has 1 atom stereocenters. The van der Waals surface area contributed by atoms with Crippen LogP contribution in [-0.4, -0.2) is 42.4 Å². The first-order valence-corrected chi connectivity index (χ1v) is 5.91. The van der Waals surface area contributed by atoms with Gasteiger partial charge in [-0.15, -0.1) is 11.6 Å². The van der Waals surface area contributed by atoms with Gasteiger partial charge in [0.15, 0.2) is 0 Å². The van der Waals surface area contributed by atoms with E-state index in [1.807, 2.05) is 4.90 Å². The van der Waals surface area contributed by atoms with Crippen molar-refractivity contribution >= 4 is 17.5 Å². The molecule has 0 aromatic carbocycles. The first-order chi connectivity index (χ1) is 6.81. The van der Waals surface area contributed by atoms with Crippen molar-refractivity contribution in [2.75, 3.05) is 25.5 Å². The van der Waals surface area contributed by atoms with E-state index in [2.05, 4.69) is 5.32 Å².